The molecule has 0 saturated heterocycles. The van der Waals surface area contributed by atoms with Gasteiger partial charge >= 0.3 is 6.09 Å². The van der Waals surface area contributed by atoms with E-state index in [1.54, 1.807) is 0 Å². The number of hydrogen-bond donors (Lipinski definition) is 1. The van der Waals surface area contributed by atoms with Gasteiger partial charge < -0.3 is 10.1 Å². The largest absolute Gasteiger partial charge is 0.445 e. The lowest BCUT2D eigenvalue weighted by Gasteiger charge is -2.12. The maximum atomic E-state index is 11.6. The zero-order valence-electron chi connectivity index (χ0n) is 10.3. The minimum atomic E-state index is -0.442. The van der Waals surface area contributed by atoms with Gasteiger partial charge in [0.15, 0.2) is 0 Å². The van der Waals surface area contributed by atoms with Crippen molar-refractivity contribution in [2.75, 3.05) is 0 Å². The number of alkyl carbamates (subject to hydrolysis) is 1. The Labute approximate surface area is 108 Å². The molecule has 0 spiro atoms. The van der Waals surface area contributed by atoms with Crippen LogP contribution in [0.4, 0.5) is 4.79 Å². The Morgan fingerprint density at radius 2 is 2.17 bits per heavy atom. The van der Waals surface area contributed by atoms with E-state index in [2.05, 4.69) is 11.2 Å². The van der Waals surface area contributed by atoms with Gasteiger partial charge in [-0.05, 0) is 17.9 Å². The van der Waals surface area contributed by atoms with E-state index in [1.165, 1.54) is 12.8 Å². The zero-order chi connectivity index (χ0) is 12.8. The fourth-order valence-electron chi connectivity index (χ4n) is 1.76. The minimum absolute atomic E-state index is 0.208. The van der Waals surface area contributed by atoms with Crippen molar-refractivity contribution in [2.24, 2.45) is 5.92 Å². The highest BCUT2D eigenvalue weighted by atomic mass is 16.5. The molecular formula is C15H17NO2. The monoisotopic (exact) mass is 243 g/mol. The average molecular weight is 243 g/mol. The molecule has 1 N–H and O–H groups in total. The number of terminal acetylenes is 1. The number of hydrogen-bond acceptors (Lipinski definition) is 2. The van der Waals surface area contributed by atoms with Crippen LogP contribution in [0, 0.1) is 18.3 Å². The Balaban J connectivity index is 1.72. The Morgan fingerprint density at radius 3 is 2.78 bits per heavy atom. The predicted octanol–water partition coefficient (Wildman–Crippen LogP) is 2.71. The molecule has 1 amide bonds. The van der Waals surface area contributed by atoms with Gasteiger partial charge in [0.1, 0.15) is 6.61 Å². The number of ether oxygens (including phenoxy) is 1. The average Bonchev–Trinajstić information content (AvgIpc) is 3.21. The van der Waals surface area contributed by atoms with Crippen LogP contribution in [0.1, 0.15) is 24.8 Å². The first-order chi connectivity index (χ1) is 8.78. The van der Waals surface area contributed by atoms with Crippen LogP contribution >= 0.6 is 0 Å². The smallest absolute Gasteiger partial charge is 0.408 e. The standard InChI is InChI=1S/C15H17NO2/c1-2-14(10-12-8-9-12)16-15(17)18-11-13-6-4-3-5-7-13/h1,3-7,12,14H,8-11H2,(H,16,17). The highest BCUT2D eigenvalue weighted by molar-refractivity contribution is 5.68. The van der Waals surface area contributed by atoms with Crippen molar-refractivity contribution in [1.82, 2.24) is 5.32 Å². The van der Waals surface area contributed by atoms with E-state index in [0.29, 0.717) is 5.92 Å². The second-order valence-electron chi connectivity index (χ2n) is 4.60. The van der Waals surface area contributed by atoms with Crippen molar-refractivity contribution >= 4 is 6.09 Å². The molecule has 1 atom stereocenters. The molecule has 0 aromatic heterocycles. The molecule has 1 saturated carbocycles. The third kappa shape index (κ3) is 4.14. The third-order valence-electron chi connectivity index (χ3n) is 2.97. The van der Waals surface area contributed by atoms with Gasteiger partial charge in [-0.2, -0.15) is 0 Å². The third-order valence-corrected chi connectivity index (χ3v) is 2.97. The van der Waals surface area contributed by atoms with Crippen LogP contribution in [-0.2, 0) is 11.3 Å². The van der Waals surface area contributed by atoms with Crippen molar-refractivity contribution in [1.29, 1.82) is 0 Å². The molecule has 2 rings (SSSR count). The summed E-state index contributed by atoms with van der Waals surface area (Å²) in [6, 6.07) is 9.36. The first kappa shape index (κ1) is 12.5. The molecule has 1 aromatic rings. The molecule has 1 aliphatic rings. The van der Waals surface area contributed by atoms with E-state index < -0.39 is 6.09 Å². The Bertz CT molecular complexity index is 432. The van der Waals surface area contributed by atoms with Crippen LogP contribution in [0.5, 0.6) is 0 Å². The van der Waals surface area contributed by atoms with E-state index in [0.717, 1.165) is 12.0 Å². The summed E-state index contributed by atoms with van der Waals surface area (Å²) in [6.45, 7) is 0.271. The summed E-state index contributed by atoms with van der Waals surface area (Å²) in [7, 11) is 0. The summed E-state index contributed by atoms with van der Waals surface area (Å²) in [5, 5.41) is 2.71. The fraction of sp³-hybridized carbons (Fsp3) is 0.400. The number of carbonyl (C=O) groups excluding carboxylic acids is 1. The highest BCUT2D eigenvalue weighted by Gasteiger charge is 2.25. The Morgan fingerprint density at radius 1 is 1.44 bits per heavy atom. The molecule has 1 fully saturated rings. The van der Waals surface area contributed by atoms with Gasteiger partial charge in [0.2, 0.25) is 0 Å². The summed E-state index contributed by atoms with van der Waals surface area (Å²) >= 11 is 0. The van der Waals surface area contributed by atoms with Gasteiger partial charge in [-0.1, -0.05) is 49.1 Å². The van der Waals surface area contributed by atoms with Crippen LogP contribution in [0.25, 0.3) is 0 Å². The molecular weight excluding hydrogens is 226 g/mol. The van der Waals surface area contributed by atoms with Gasteiger partial charge in [0.05, 0.1) is 6.04 Å². The molecule has 3 heteroatoms. The first-order valence-electron chi connectivity index (χ1n) is 6.21. The van der Waals surface area contributed by atoms with E-state index in [9.17, 15) is 4.79 Å². The van der Waals surface area contributed by atoms with Crippen molar-refractivity contribution in [3.63, 3.8) is 0 Å². The molecule has 0 radical (unpaired) electrons. The molecule has 0 aliphatic heterocycles. The van der Waals surface area contributed by atoms with Crippen LogP contribution < -0.4 is 5.32 Å². The quantitative estimate of drug-likeness (QED) is 0.807. The van der Waals surface area contributed by atoms with Gasteiger partial charge in [0.25, 0.3) is 0 Å². The van der Waals surface area contributed by atoms with Crippen molar-refractivity contribution in [3.8, 4) is 12.3 Å². The molecule has 18 heavy (non-hydrogen) atoms. The van der Waals surface area contributed by atoms with E-state index in [-0.39, 0.29) is 12.6 Å². The number of nitrogens with one attached hydrogen (secondary N) is 1. The lowest BCUT2D eigenvalue weighted by molar-refractivity contribution is 0.137. The molecule has 0 heterocycles. The molecule has 3 nitrogen and oxygen atoms in total. The predicted molar refractivity (Wildman–Crippen MR) is 69.7 cm³/mol. The highest BCUT2D eigenvalue weighted by Crippen LogP contribution is 2.33. The maximum Gasteiger partial charge on any atom is 0.408 e. The molecule has 0 bridgehead atoms. The fourth-order valence-corrected chi connectivity index (χ4v) is 1.76. The normalized spacial score (nSPS) is 15.5. The summed E-state index contributed by atoms with van der Waals surface area (Å²) in [6.07, 6.45) is 8.24. The first-order valence-corrected chi connectivity index (χ1v) is 6.21. The summed E-state index contributed by atoms with van der Waals surface area (Å²) in [5.41, 5.74) is 0.965. The van der Waals surface area contributed by atoms with E-state index >= 15 is 0 Å². The maximum absolute atomic E-state index is 11.6. The van der Waals surface area contributed by atoms with Crippen LogP contribution in [-0.4, -0.2) is 12.1 Å². The van der Waals surface area contributed by atoms with E-state index in [1.807, 2.05) is 30.3 Å². The van der Waals surface area contributed by atoms with E-state index in [4.69, 9.17) is 11.2 Å². The number of amides is 1. The van der Waals surface area contributed by atoms with Crippen LogP contribution in [0.15, 0.2) is 30.3 Å². The van der Waals surface area contributed by atoms with Crippen LogP contribution in [0.2, 0.25) is 0 Å². The number of rotatable bonds is 5. The van der Waals surface area contributed by atoms with Gasteiger partial charge in [-0.25, -0.2) is 4.79 Å². The summed E-state index contributed by atoms with van der Waals surface area (Å²) in [5.74, 6) is 3.27. The Kier molecular flexibility index (Phi) is 4.25. The SMILES string of the molecule is C#CC(CC1CC1)NC(=O)OCc1ccccc1. The molecule has 1 unspecified atom stereocenters. The summed E-state index contributed by atoms with van der Waals surface area (Å²) in [4.78, 5) is 11.6. The Hall–Kier alpha value is -1.95. The van der Waals surface area contributed by atoms with Gasteiger partial charge in [0, 0.05) is 0 Å². The van der Waals surface area contributed by atoms with Crippen molar-refractivity contribution in [2.45, 2.75) is 31.9 Å². The lowest BCUT2D eigenvalue weighted by Crippen LogP contribution is -2.34. The van der Waals surface area contributed by atoms with Crippen molar-refractivity contribution in [3.05, 3.63) is 35.9 Å². The molecule has 94 valence electrons. The number of carbonyl (C=O) groups is 1. The minimum Gasteiger partial charge on any atom is -0.445 e. The molecule has 1 aromatic carbocycles. The zero-order valence-corrected chi connectivity index (χ0v) is 10.3. The van der Waals surface area contributed by atoms with Crippen molar-refractivity contribution < 1.29 is 9.53 Å². The topological polar surface area (TPSA) is 38.3 Å². The lowest BCUT2D eigenvalue weighted by atomic mass is 10.1. The second kappa shape index (κ2) is 6.11. The number of benzene rings is 1. The van der Waals surface area contributed by atoms with Crippen LogP contribution in [0.3, 0.4) is 0 Å². The molecule has 1 aliphatic carbocycles. The second-order valence-corrected chi connectivity index (χ2v) is 4.60. The van der Waals surface area contributed by atoms with Gasteiger partial charge in [-0.15, -0.1) is 6.42 Å². The van der Waals surface area contributed by atoms with Gasteiger partial charge in [-0.3, -0.25) is 0 Å². The summed E-state index contributed by atoms with van der Waals surface area (Å²) < 4.78 is 5.12.